The molecule has 0 aliphatic heterocycles. The summed E-state index contributed by atoms with van der Waals surface area (Å²) in [4.78, 5) is 0. The van der Waals surface area contributed by atoms with Crippen molar-refractivity contribution in [3.63, 3.8) is 0 Å². The zero-order valence-corrected chi connectivity index (χ0v) is 10.3. The van der Waals surface area contributed by atoms with Gasteiger partial charge in [-0.3, -0.25) is 0 Å². The molecule has 2 nitrogen and oxygen atoms in total. The number of aliphatic hydroxyl groups is 1. The van der Waals surface area contributed by atoms with E-state index in [0.29, 0.717) is 0 Å². The first-order valence-electron chi connectivity index (χ1n) is 5.37. The third kappa shape index (κ3) is 2.94. The molecule has 90 valence electrons. The Balaban J connectivity index is 2.98. The average molecular weight is 246 g/mol. The normalized spacial score (nSPS) is 14.8. The van der Waals surface area contributed by atoms with Gasteiger partial charge < -0.3 is 10.4 Å². The smallest absolute Gasteiger partial charge is 0.141 e. The Morgan fingerprint density at radius 1 is 1.50 bits per heavy atom. The Hall–Kier alpha value is -0.640. The molecule has 0 saturated carbocycles. The van der Waals surface area contributed by atoms with Gasteiger partial charge in [0.25, 0.3) is 0 Å². The number of hydrogen-bond acceptors (Lipinski definition) is 2. The summed E-state index contributed by atoms with van der Waals surface area (Å²) in [6.07, 6.45) is 0.844. The summed E-state index contributed by atoms with van der Waals surface area (Å²) in [5.41, 5.74) is 0.898. The van der Waals surface area contributed by atoms with Gasteiger partial charge in [0, 0.05) is 18.6 Å². The standard InChI is InChI=1S/C12H17ClFNO/c1-3-8(7-16)12(15-2)9-4-5-11(14)10(13)6-9/h4-6,8,12,15-16H,3,7H2,1-2H3. The van der Waals surface area contributed by atoms with E-state index < -0.39 is 5.82 Å². The minimum absolute atomic E-state index is 0.00639. The van der Waals surface area contributed by atoms with Gasteiger partial charge in [-0.25, -0.2) is 4.39 Å². The lowest BCUT2D eigenvalue weighted by Crippen LogP contribution is -2.27. The molecule has 4 heteroatoms. The lowest BCUT2D eigenvalue weighted by Gasteiger charge is -2.24. The van der Waals surface area contributed by atoms with Crippen molar-refractivity contribution >= 4 is 11.6 Å². The first-order chi connectivity index (χ1) is 7.63. The van der Waals surface area contributed by atoms with Crippen molar-refractivity contribution in [2.45, 2.75) is 19.4 Å². The minimum Gasteiger partial charge on any atom is -0.396 e. The van der Waals surface area contributed by atoms with E-state index in [1.54, 1.807) is 12.1 Å². The van der Waals surface area contributed by atoms with Gasteiger partial charge in [0.1, 0.15) is 5.82 Å². The number of benzene rings is 1. The van der Waals surface area contributed by atoms with Crippen LogP contribution in [0.25, 0.3) is 0 Å². The first kappa shape index (κ1) is 13.4. The van der Waals surface area contributed by atoms with Crippen LogP contribution in [0.4, 0.5) is 4.39 Å². The predicted octanol–water partition coefficient (Wildman–Crippen LogP) is 2.76. The van der Waals surface area contributed by atoms with Gasteiger partial charge in [-0.05, 0) is 31.2 Å². The lowest BCUT2D eigenvalue weighted by atomic mass is 9.91. The molecule has 1 rings (SSSR count). The van der Waals surface area contributed by atoms with E-state index in [9.17, 15) is 9.50 Å². The number of nitrogens with one attached hydrogen (secondary N) is 1. The molecule has 1 aromatic carbocycles. The van der Waals surface area contributed by atoms with Crippen LogP contribution in [0.5, 0.6) is 0 Å². The van der Waals surface area contributed by atoms with E-state index in [-0.39, 0.29) is 23.6 Å². The topological polar surface area (TPSA) is 32.3 Å². The molecule has 2 N–H and O–H groups in total. The molecule has 0 amide bonds. The van der Waals surface area contributed by atoms with Gasteiger partial charge in [0.15, 0.2) is 0 Å². The van der Waals surface area contributed by atoms with Gasteiger partial charge in [-0.15, -0.1) is 0 Å². The van der Waals surface area contributed by atoms with Crippen molar-refractivity contribution in [2.24, 2.45) is 5.92 Å². The molecule has 2 atom stereocenters. The van der Waals surface area contributed by atoms with Crippen LogP contribution in [-0.4, -0.2) is 18.8 Å². The maximum atomic E-state index is 13.0. The van der Waals surface area contributed by atoms with Crippen LogP contribution >= 0.6 is 11.6 Å². The van der Waals surface area contributed by atoms with Crippen molar-refractivity contribution in [1.82, 2.24) is 5.32 Å². The highest BCUT2D eigenvalue weighted by molar-refractivity contribution is 6.30. The molecular formula is C12H17ClFNO. The summed E-state index contributed by atoms with van der Waals surface area (Å²) in [5, 5.41) is 12.5. The van der Waals surface area contributed by atoms with E-state index >= 15 is 0 Å². The first-order valence-corrected chi connectivity index (χ1v) is 5.74. The fourth-order valence-electron chi connectivity index (χ4n) is 1.85. The molecule has 0 fully saturated rings. The van der Waals surface area contributed by atoms with Crippen LogP contribution in [-0.2, 0) is 0 Å². The fourth-order valence-corrected chi connectivity index (χ4v) is 2.04. The highest BCUT2D eigenvalue weighted by atomic mass is 35.5. The van der Waals surface area contributed by atoms with Crippen LogP contribution in [0.2, 0.25) is 5.02 Å². The largest absolute Gasteiger partial charge is 0.396 e. The van der Waals surface area contributed by atoms with Gasteiger partial charge in [-0.1, -0.05) is 24.6 Å². The number of hydrogen-bond donors (Lipinski definition) is 2. The average Bonchev–Trinajstić information content (AvgIpc) is 2.29. The monoisotopic (exact) mass is 245 g/mol. The summed E-state index contributed by atoms with van der Waals surface area (Å²) < 4.78 is 13.0. The Bertz CT molecular complexity index is 342. The van der Waals surface area contributed by atoms with E-state index in [1.807, 2.05) is 14.0 Å². The zero-order chi connectivity index (χ0) is 12.1. The van der Waals surface area contributed by atoms with E-state index in [0.717, 1.165) is 12.0 Å². The molecule has 1 aromatic rings. The Labute approximate surface area is 100 Å². The molecule has 0 heterocycles. The van der Waals surface area contributed by atoms with Gasteiger partial charge in [-0.2, -0.15) is 0 Å². The second-order valence-corrected chi connectivity index (χ2v) is 4.20. The molecular weight excluding hydrogens is 229 g/mol. The highest BCUT2D eigenvalue weighted by Gasteiger charge is 2.20. The molecule has 2 unspecified atom stereocenters. The van der Waals surface area contributed by atoms with Crippen molar-refractivity contribution in [1.29, 1.82) is 0 Å². The third-order valence-electron chi connectivity index (χ3n) is 2.84. The van der Waals surface area contributed by atoms with Crippen molar-refractivity contribution in [2.75, 3.05) is 13.7 Å². The van der Waals surface area contributed by atoms with Crippen LogP contribution in [0.3, 0.4) is 0 Å². The van der Waals surface area contributed by atoms with Gasteiger partial charge in [0.05, 0.1) is 5.02 Å². The molecule has 0 saturated heterocycles. The van der Waals surface area contributed by atoms with E-state index in [4.69, 9.17) is 11.6 Å². The van der Waals surface area contributed by atoms with Crippen molar-refractivity contribution in [3.8, 4) is 0 Å². The summed E-state index contributed by atoms with van der Waals surface area (Å²) in [6, 6.07) is 4.65. The van der Waals surface area contributed by atoms with Crippen molar-refractivity contribution in [3.05, 3.63) is 34.6 Å². The second-order valence-electron chi connectivity index (χ2n) is 3.79. The Morgan fingerprint density at radius 2 is 2.19 bits per heavy atom. The number of aliphatic hydroxyl groups excluding tert-OH is 1. The van der Waals surface area contributed by atoms with Crippen LogP contribution in [0.15, 0.2) is 18.2 Å². The summed E-state index contributed by atoms with van der Waals surface area (Å²) in [5.74, 6) is -0.316. The van der Waals surface area contributed by atoms with Crippen molar-refractivity contribution < 1.29 is 9.50 Å². The molecule has 0 bridgehead atoms. The quantitative estimate of drug-likeness (QED) is 0.836. The minimum atomic E-state index is -0.419. The molecule has 0 aromatic heterocycles. The predicted molar refractivity (Wildman–Crippen MR) is 64.1 cm³/mol. The fraction of sp³-hybridized carbons (Fsp3) is 0.500. The lowest BCUT2D eigenvalue weighted by molar-refractivity contribution is 0.189. The SMILES string of the molecule is CCC(CO)C(NC)c1ccc(F)c(Cl)c1. The summed E-state index contributed by atoms with van der Waals surface area (Å²) >= 11 is 5.74. The highest BCUT2D eigenvalue weighted by Crippen LogP contribution is 2.27. The van der Waals surface area contributed by atoms with Crippen LogP contribution < -0.4 is 5.32 Å². The van der Waals surface area contributed by atoms with E-state index in [1.165, 1.54) is 6.07 Å². The molecule has 0 aliphatic carbocycles. The summed E-state index contributed by atoms with van der Waals surface area (Å²) in [7, 11) is 1.82. The molecule has 0 radical (unpaired) electrons. The third-order valence-corrected chi connectivity index (χ3v) is 3.13. The maximum Gasteiger partial charge on any atom is 0.141 e. The Morgan fingerprint density at radius 3 is 2.62 bits per heavy atom. The molecule has 0 aliphatic rings. The van der Waals surface area contributed by atoms with Gasteiger partial charge >= 0.3 is 0 Å². The number of rotatable bonds is 5. The molecule has 16 heavy (non-hydrogen) atoms. The van der Waals surface area contributed by atoms with Gasteiger partial charge in [0.2, 0.25) is 0 Å². The Kier molecular flexibility index (Phi) is 5.19. The second kappa shape index (κ2) is 6.18. The van der Waals surface area contributed by atoms with Crippen LogP contribution in [0, 0.1) is 11.7 Å². The van der Waals surface area contributed by atoms with Crippen LogP contribution in [0.1, 0.15) is 24.9 Å². The maximum absolute atomic E-state index is 13.0. The number of halogens is 2. The zero-order valence-electron chi connectivity index (χ0n) is 9.50. The summed E-state index contributed by atoms with van der Waals surface area (Å²) in [6.45, 7) is 2.10. The van der Waals surface area contributed by atoms with E-state index in [2.05, 4.69) is 5.32 Å². The molecule has 0 spiro atoms.